The number of pyridine rings is 2. The zero-order valence-electron chi connectivity index (χ0n) is 30.1. The number of benzene rings is 3. The molecule has 12 heteroatoms. The standard InChI is InChI=1S/C42H37N5O7/c1-23-36(40(51)54-42(2,3)4)37(45-41(52)47(23)26-10-6-5-7-11-26)24-14-16-25(17-15-24)43-20-29-27-12-8-9-13-32(27)44-38-30(29)21-46-33(38)18-28-31(39(46)50)22-53-35(49)19-34(28)48/h5-18,20,34,37,48H,19,21-22H2,1-4H3,(H,45,52). The van der Waals surface area contributed by atoms with Gasteiger partial charge in [0.25, 0.3) is 5.56 Å². The number of carbonyl (C=O) groups is 3. The molecule has 3 aromatic carbocycles. The summed E-state index contributed by atoms with van der Waals surface area (Å²) in [6.07, 6.45) is 0.362. The van der Waals surface area contributed by atoms with Crippen LogP contribution in [0.3, 0.4) is 0 Å². The highest BCUT2D eigenvalue weighted by molar-refractivity contribution is 6.04. The molecule has 0 fully saturated rings. The minimum absolute atomic E-state index is 0.204. The number of urea groups is 1. The normalized spacial score (nSPS) is 18.2. The third kappa shape index (κ3) is 6.13. The van der Waals surface area contributed by atoms with Crippen LogP contribution in [0, 0.1) is 0 Å². The number of nitrogens with one attached hydrogen (secondary N) is 1. The second-order valence-corrected chi connectivity index (χ2v) is 14.5. The lowest BCUT2D eigenvalue weighted by atomic mass is 9.94. The fraction of sp³-hybridized carbons (Fsp3) is 0.238. The summed E-state index contributed by atoms with van der Waals surface area (Å²) >= 11 is 0. The van der Waals surface area contributed by atoms with Gasteiger partial charge in [0.1, 0.15) is 12.2 Å². The molecule has 2 atom stereocenters. The van der Waals surface area contributed by atoms with E-state index in [4.69, 9.17) is 19.5 Å². The number of aromatic nitrogens is 2. The Morgan fingerprint density at radius 1 is 1.00 bits per heavy atom. The maximum Gasteiger partial charge on any atom is 0.338 e. The predicted octanol–water partition coefficient (Wildman–Crippen LogP) is 6.54. The van der Waals surface area contributed by atoms with E-state index >= 15 is 0 Å². The number of para-hydroxylation sites is 2. The highest BCUT2D eigenvalue weighted by Gasteiger charge is 2.38. The average molecular weight is 724 g/mol. The maximum absolute atomic E-state index is 13.7. The zero-order valence-corrected chi connectivity index (χ0v) is 30.1. The van der Waals surface area contributed by atoms with Gasteiger partial charge in [0.2, 0.25) is 0 Å². The van der Waals surface area contributed by atoms with Gasteiger partial charge in [0.15, 0.2) is 0 Å². The average Bonchev–Trinajstić information content (AvgIpc) is 3.43. The fourth-order valence-corrected chi connectivity index (χ4v) is 7.31. The van der Waals surface area contributed by atoms with Gasteiger partial charge in [-0.1, -0.05) is 48.5 Å². The monoisotopic (exact) mass is 723 g/mol. The van der Waals surface area contributed by atoms with E-state index in [2.05, 4.69) is 5.32 Å². The molecular formula is C42H37N5O7. The number of cyclic esters (lactones) is 1. The first-order valence-electron chi connectivity index (χ1n) is 17.6. The number of fused-ring (bicyclic) bond motifs is 5. The number of nitrogens with zero attached hydrogens (tertiary/aromatic N) is 4. The van der Waals surface area contributed by atoms with Gasteiger partial charge in [-0.2, -0.15) is 0 Å². The van der Waals surface area contributed by atoms with Crippen LogP contribution in [-0.4, -0.2) is 44.4 Å². The van der Waals surface area contributed by atoms with Crippen molar-refractivity contribution >= 4 is 46.5 Å². The lowest BCUT2D eigenvalue weighted by molar-refractivity contribution is -0.150. The molecule has 8 rings (SSSR count). The number of rotatable bonds is 5. The summed E-state index contributed by atoms with van der Waals surface area (Å²) < 4.78 is 12.6. The van der Waals surface area contributed by atoms with Crippen molar-refractivity contribution in [3.8, 4) is 11.4 Å². The lowest BCUT2D eigenvalue weighted by Gasteiger charge is -2.36. The SMILES string of the molecule is CC1=C(C(=O)OC(C)(C)C)C(c2ccc(N=Cc3c4c(nc5ccccc35)-c3cc5c(c(=O)n3C4)COC(=O)CC5O)cc2)NC(=O)N1c1ccccc1. The van der Waals surface area contributed by atoms with E-state index in [1.165, 1.54) is 4.90 Å². The summed E-state index contributed by atoms with van der Waals surface area (Å²) in [6, 6.07) is 24.6. The summed E-state index contributed by atoms with van der Waals surface area (Å²) in [7, 11) is 0. The molecule has 2 aromatic heterocycles. The number of anilines is 1. The number of amides is 2. The van der Waals surface area contributed by atoms with E-state index in [9.17, 15) is 24.3 Å². The topological polar surface area (TPSA) is 152 Å². The highest BCUT2D eigenvalue weighted by Crippen LogP contribution is 2.39. The molecule has 5 heterocycles. The minimum Gasteiger partial charge on any atom is -0.460 e. The van der Waals surface area contributed by atoms with E-state index in [0.717, 1.165) is 16.5 Å². The van der Waals surface area contributed by atoms with Crippen molar-refractivity contribution < 1.29 is 29.0 Å². The Bertz CT molecular complexity index is 2500. The lowest BCUT2D eigenvalue weighted by Crippen LogP contribution is -2.48. The highest BCUT2D eigenvalue weighted by atomic mass is 16.6. The molecule has 5 aromatic rings. The summed E-state index contributed by atoms with van der Waals surface area (Å²) in [5.74, 6) is -1.09. The Labute approximate surface area is 310 Å². The quantitative estimate of drug-likeness (QED) is 0.150. The third-order valence-electron chi connectivity index (χ3n) is 9.81. The molecule has 0 bridgehead atoms. The van der Waals surface area contributed by atoms with Crippen molar-refractivity contribution in [2.45, 2.75) is 65.0 Å². The number of allylic oxidation sites excluding steroid dienone is 1. The third-order valence-corrected chi connectivity index (χ3v) is 9.81. The minimum atomic E-state index is -1.16. The predicted molar refractivity (Wildman–Crippen MR) is 202 cm³/mol. The summed E-state index contributed by atoms with van der Waals surface area (Å²) in [4.78, 5) is 64.2. The second kappa shape index (κ2) is 13.2. The second-order valence-electron chi connectivity index (χ2n) is 14.5. The van der Waals surface area contributed by atoms with Crippen molar-refractivity contribution in [1.82, 2.24) is 14.9 Å². The maximum atomic E-state index is 13.7. The molecule has 0 spiro atoms. The first kappa shape index (κ1) is 34.7. The number of hydrogen-bond donors (Lipinski definition) is 2. The van der Waals surface area contributed by atoms with Crippen LogP contribution in [0.2, 0.25) is 0 Å². The molecule has 2 unspecified atom stereocenters. The van der Waals surface area contributed by atoms with E-state index in [1.54, 1.807) is 56.7 Å². The van der Waals surface area contributed by atoms with Crippen LogP contribution >= 0.6 is 0 Å². The molecule has 12 nitrogen and oxygen atoms in total. The van der Waals surface area contributed by atoms with Crippen LogP contribution in [-0.2, 0) is 32.2 Å². The van der Waals surface area contributed by atoms with Crippen LogP contribution in [0.1, 0.15) is 74.1 Å². The number of esters is 2. The molecule has 2 N–H and O–H groups in total. The molecule has 272 valence electrons. The van der Waals surface area contributed by atoms with E-state index in [-0.39, 0.29) is 36.7 Å². The van der Waals surface area contributed by atoms with Gasteiger partial charge in [-0.05, 0) is 75.2 Å². The molecular weight excluding hydrogens is 686 g/mol. The first-order valence-corrected chi connectivity index (χ1v) is 17.6. The largest absolute Gasteiger partial charge is 0.460 e. The van der Waals surface area contributed by atoms with Crippen LogP contribution in [0.5, 0.6) is 0 Å². The number of aliphatic imine (C=N–C) groups is 1. The molecule has 0 saturated carbocycles. The van der Waals surface area contributed by atoms with Crippen LogP contribution in [0.25, 0.3) is 22.3 Å². The number of ether oxygens (including phenoxy) is 2. The van der Waals surface area contributed by atoms with Crippen molar-refractivity contribution in [2.75, 3.05) is 4.90 Å². The first-order chi connectivity index (χ1) is 25.9. The summed E-state index contributed by atoms with van der Waals surface area (Å²) in [6.45, 7) is 7.16. The molecule has 2 amide bonds. The Morgan fingerprint density at radius 3 is 2.46 bits per heavy atom. The van der Waals surface area contributed by atoms with E-state index in [0.29, 0.717) is 50.7 Å². The fourth-order valence-electron chi connectivity index (χ4n) is 7.31. The van der Waals surface area contributed by atoms with Crippen LogP contribution < -0.4 is 15.8 Å². The summed E-state index contributed by atoms with van der Waals surface area (Å²) in [5.41, 5.74) is 5.68. The molecule has 0 aliphatic carbocycles. The smallest absolute Gasteiger partial charge is 0.338 e. The zero-order chi connectivity index (χ0) is 37.9. The molecule has 0 radical (unpaired) electrons. The van der Waals surface area contributed by atoms with Gasteiger partial charge in [-0.25, -0.2) is 14.6 Å². The number of carbonyl (C=O) groups excluding carboxylic acids is 3. The molecule has 54 heavy (non-hydrogen) atoms. The van der Waals surface area contributed by atoms with E-state index < -0.39 is 29.7 Å². The van der Waals surface area contributed by atoms with Crippen LogP contribution in [0.4, 0.5) is 16.2 Å². The van der Waals surface area contributed by atoms with Crippen molar-refractivity contribution in [1.29, 1.82) is 0 Å². The Morgan fingerprint density at radius 2 is 1.72 bits per heavy atom. The van der Waals surface area contributed by atoms with E-state index in [1.807, 2.05) is 66.7 Å². The van der Waals surface area contributed by atoms with Gasteiger partial charge in [0.05, 0.1) is 64.5 Å². The Kier molecular flexibility index (Phi) is 8.49. The van der Waals surface area contributed by atoms with Crippen molar-refractivity contribution in [3.63, 3.8) is 0 Å². The number of aliphatic hydroxyl groups is 1. The summed E-state index contributed by atoms with van der Waals surface area (Å²) in [5, 5.41) is 14.6. The van der Waals surface area contributed by atoms with Crippen molar-refractivity contribution in [3.05, 3.63) is 134 Å². The van der Waals surface area contributed by atoms with Gasteiger partial charge in [-0.15, -0.1) is 0 Å². The van der Waals surface area contributed by atoms with Gasteiger partial charge in [-0.3, -0.25) is 19.5 Å². The van der Waals surface area contributed by atoms with Crippen molar-refractivity contribution in [2.24, 2.45) is 4.99 Å². The Hall–Kier alpha value is -6.40. The van der Waals surface area contributed by atoms with Crippen LogP contribution in [0.15, 0.2) is 106 Å². The number of aliphatic hydroxyl groups excluding tert-OH is 1. The van der Waals surface area contributed by atoms with Gasteiger partial charge < -0.3 is 24.5 Å². The van der Waals surface area contributed by atoms with Gasteiger partial charge in [0, 0.05) is 28.4 Å². The Balaban J connectivity index is 1.15. The van der Waals surface area contributed by atoms with Gasteiger partial charge >= 0.3 is 18.0 Å². The molecule has 3 aliphatic heterocycles. The number of hydrogen-bond acceptors (Lipinski definition) is 9. The molecule has 3 aliphatic rings. The molecule has 0 saturated heterocycles.